The highest BCUT2D eigenvalue weighted by molar-refractivity contribution is 4.90. The molecule has 0 aromatic carbocycles. The number of allylic oxidation sites excluding steroid dienone is 2. The van der Waals surface area contributed by atoms with Crippen LogP contribution < -0.4 is 0 Å². The topological polar surface area (TPSA) is 47.6 Å². The van der Waals surface area contributed by atoms with Crippen LogP contribution in [0.25, 0.3) is 0 Å². The van der Waals surface area contributed by atoms with Gasteiger partial charge in [-0.2, -0.15) is 10.5 Å². The molecule has 0 atom stereocenters. The number of hydrogen-bond donors (Lipinski definition) is 0. The third kappa shape index (κ3) is 6.72. The van der Waals surface area contributed by atoms with Crippen LogP contribution in [0.4, 0.5) is 0 Å². The summed E-state index contributed by atoms with van der Waals surface area (Å²) in [6.45, 7) is 0. The van der Waals surface area contributed by atoms with Crippen molar-refractivity contribution in [1.29, 1.82) is 10.5 Å². The van der Waals surface area contributed by atoms with Gasteiger partial charge in [-0.15, -0.1) is 0 Å². The number of nitrogens with zero attached hydrogens (tertiary/aromatic N) is 2. The van der Waals surface area contributed by atoms with Crippen molar-refractivity contribution in [3.63, 3.8) is 0 Å². The van der Waals surface area contributed by atoms with Gasteiger partial charge >= 0.3 is 0 Å². The van der Waals surface area contributed by atoms with Crippen LogP contribution in [-0.2, 0) is 0 Å². The van der Waals surface area contributed by atoms with E-state index < -0.39 is 0 Å². The third-order valence-corrected chi connectivity index (χ3v) is 1.04. The lowest BCUT2D eigenvalue weighted by Crippen LogP contribution is -1.68. The minimum atomic E-state index is 0.479. The molecule has 0 N–H and O–H groups in total. The molecule has 0 aromatic heterocycles. The van der Waals surface area contributed by atoms with Crippen molar-refractivity contribution in [2.24, 2.45) is 0 Å². The van der Waals surface area contributed by atoms with E-state index in [4.69, 9.17) is 10.5 Å². The van der Waals surface area contributed by atoms with Crippen molar-refractivity contribution in [3.05, 3.63) is 12.2 Å². The van der Waals surface area contributed by atoms with E-state index in [0.717, 1.165) is 12.8 Å². The summed E-state index contributed by atoms with van der Waals surface area (Å²) in [4.78, 5) is 0. The molecule has 0 radical (unpaired) electrons. The Balaban J connectivity index is 3.06. The zero-order chi connectivity index (χ0) is 7.66. The maximum Gasteiger partial charge on any atom is 0.0663 e. The monoisotopic (exact) mass is 134 g/mol. The molecule has 2 heteroatoms. The lowest BCUT2D eigenvalue weighted by atomic mass is 10.2. The predicted octanol–water partition coefficient (Wildman–Crippen LogP) is 2.15. The van der Waals surface area contributed by atoms with E-state index in [1.807, 2.05) is 18.2 Å². The summed E-state index contributed by atoms with van der Waals surface area (Å²) in [6, 6.07) is 4.07. The average molecular weight is 134 g/mol. The van der Waals surface area contributed by atoms with Crippen molar-refractivity contribution >= 4 is 0 Å². The molecule has 0 saturated carbocycles. The Morgan fingerprint density at radius 1 is 1.10 bits per heavy atom. The van der Waals surface area contributed by atoms with Crippen LogP contribution in [0, 0.1) is 22.7 Å². The molecule has 0 aliphatic rings. The van der Waals surface area contributed by atoms with Crippen molar-refractivity contribution < 1.29 is 0 Å². The molecule has 0 amide bonds. The number of unbranched alkanes of at least 4 members (excludes halogenated alkanes) is 2. The van der Waals surface area contributed by atoms with Gasteiger partial charge in [-0.1, -0.05) is 12.2 Å². The van der Waals surface area contributed by atoms with E-state index in [9.17, 15) is 0 Å². The van der Waals surface area contributed by atoms with E-state index in [0.29, 0.717) is 12.8 Å². The largest absolute Gasteiger partial charge is 0.198 e. The molecule has 2 nitrogen and oxygen atoms in total. The fourth-order valence-electron chi connectivity index (χ4n) is 0.553. The van der Waals surface area contributed by atoms with Crippen LogP contribution in [0.15, 0.2) is 12.2 Å². The number of rotatable bonds is 4. The molecular weight excluding hydrogens is 124 g/mol. The van der Waals surface area contributed by atoms with E-state index in [2.05, 4.69) is 6.07 Å². The van der Waals surface area contributed by atoms with Crippen LogP contribution >= 0.6 is 0 Å². The summed E-state index contributed by atoms with van der Waals surface area (Å²) in [5.41, 5.74) is 0. The summed E-state index contributed by atoms with van der Waals surface area (Å²) < 4.78 is 0. The zero-order valence-electron chi connectivity index (χ0n) is 5.88. The summed E-state index contributed by atoms with van der Waals surface area (Å²) in [5, 5.41) is 16.3. The molecule has 0 heterocycles. The molecule has 0 fully saturated rings. The molecule has 0 spiro atoms. The summed E-state index contributed by atoms with van der Waals surface area (Å²) in [5.74, 6) is 0. The maximum atomic E-state index is 8.14. The Morgan fingerprint density at radius 2 is 1.90 bits per heavy atom. The van der Waals surface area contributed by atoms with Crippen LogP contribution in [-0.4, -0.2) is 0 Å². The molecule has 0 bridgehead atoms. The lowest BCUT2D eigenvalue weighted by Gasteiger charge is -1.83. The summed E-state index contributed by atoms with van der Waals surface area (Å²) in [7, 11) is 0. The van der Waals surface area contributed by atoms with E-state index in [1.54, 1.807) is 0 Å². The molecule has 0 saturated heterocycles. The lowest BCUT2D eigenvalue weighted by molar-refractivity contribution is 0.874. The molecule has 10 heavy (non-hydrogen) atoms. The normalized spacial score (nSPS) is 9.00. The first-order chi connectivity index (χ1) is 4.91. The standard InChI is InChI=1S/C8H10N2/c9-7-5-3-1-2-4-6-8-10/h1,3H,2,4-6H2/b3-1+. The van der Waals surface area contributed by atoms with Gasteiger partial charge in [-0.3, -0.25) is 0 Å². The van der Waals surface area contributed by atoms with Gasteiger partial charge in [0.25, 0.3) is 0 Å². The van der Waals surface area contributed by atoms with Gasteiger partial charge in [0.2, 0.25) is 0 Å². The quantitative estimate of drug-likeness (QED) is 0.437. The zero-order valence-corrected chi connectivity index (χ0v) is 5.88. The Labute approximate surface area is 61.4 Å². The fourth-order valence-corrected chi connectivity index (χ4v) is 0.553. The average Bonchev–Trinajstić information content (AvgIpc) is 1.97. The SMILES string of the molecule is N#CC/C=C/CCCC#N. The molecule has 52 valence electrons. The van der Waals surface area contributed by atoms with Crippen molar-refractivity contribution in [1.82, 2.24) is 0 Å². The Bertz CT molecular complexity index is 169. The van der Waals surface area contributed by atoms with Gasteiger partial charge in [0.15, 0.2) is 0 Å². The van der Waals surface area contributed by atoms with E-state index in [1.165, 1.54) is 0 Å². The van der Waals surface area contributed by atoms with Gasteiger partial charge in [-0.25, -0.2) is 0 Å². The first-order valence-electron chi connectivity index (χ1n) is 3.30. The minimum absolute atomic E-state index is 0.479. The van der Waals surface area contributed by atoms with Gasteiger partial charge in [0.1, 0.15) is 0 Å². The molecule has 0 aromatic rings. The van der Waals surface area contributed by atoms with Gasteiger partial charge in [-0.05, 0) is 12.8 Å². The second-order valence-electron chi connectivity index (χ2n) is 1.88. The predicted molar refractivity (Wildman–Crippen MR) is 38.8 cm³/mol. The summed E-state index contributed by atoms with van der Waals surface area (Å²) in [6.07, 6.45) is 6.68. The maximum absolute atomic E-state index is 8.14. The number of nitriles is 2. The van der Waals surface area contributed by atoms with Crippen LogP contribution in [0.3, 0.4) is 0 Å². The van der Waals surface area contributed by atoms with E-state index >= 15 is 0 Å². The Kier molecular flexibility index (Phi) is 6.73. The van der Waals surface area contributed by atoms with Crippen LogP contribution in [0.2, 0.25) is 0 Å². The highest BCUT2D eigenvalue weighted by Crippen LogP contribution is 1.95. The molecule has 0 rings (SSSR count). The second kappa shape index (κ2) is 7.72. The highest BCUT2D eigenvalue weighted by Gasteiger charge is 1.79. The smallest absolute Gasteiger partial charge is 0.0663 e. The van der Waals surface area contributed by atoms with Crippen molar-refractivity contribution in [2.45, 2.75) is 25.7 Å². The molecular formula is C8H10N2. The molecule has 0 aliphatic carbocycles. The minimum Gasteiger partial charge on any atom is -0.198 e. The first kappa shape index (κ1) is 8.72. The first-order valence-corrected chi connectivity index (χ1v) is 3.30. The van der Waals surface area contributed by atoms with Crippen molar-refractivity contribution in [2.75, 3.05) is 0 Å². The number of hydrogen-bond acceptors (Lipinski definition) is 2. The van der Waals surface area contributed by atoms with Gasteiger partial charge < -0.3 is 0 Å². The van der Waals surface area contributed by atoms with Crippen LogP contribution in [0.1, 0.15) is 25.7 Å². The fraction of sp³-hybridized carbons (Fsp3) is 0.500. The van der Waals surface area contributed by atoms with Gasteiger partial charge in [0.05, 0.1) is 18.6 Å². The highest BCUT2D eigenvalue weighted by atomic mass is 14.2. The second-order valence-corrected chi connectivity index (χ2v) is 1.88. The van der Waals surface area contributed by atoms with E-state index in [-0.39, 0.29) is 0 Å². The molecule has 0 unspecified atom stereocenters. The van der Waals surface area contributed by atoms with Crippen molar-refractivity contribution in [3.8, 4) is 12.1 Å². The van der Waals surface area contributed by atoms with Crippen LogP contribution in [0.5, 0.6) is 0 Å². The summed E-state index contributed by atoms with van der Waals surface area (Å²) >= 11 is 0. The Morgan fingerprint density at radius 3 is 2.50 bits per heavy atom. The van der Waals surface area contributed by atoms with Gasteiger partial charge in [0, 0.05) is 6.42 Å². The third-order valence-electron chi connectivity index (χ3n) is 1.04. The Hall–Kier alpha value is -1.28. The molecule has 0 aliphatic heterocycles.